The van der Waals surface area contributed by atoms with Crippen LogP contribution in [0.3, 0.4) is 0 Å². The number of nitrogens with one attached hydrogen (secondary N) is 1. The van der Waals surface area contributed by atoms with Gasteiger partial charge in [0.1, 0.15) is 6.61 Å². The first kappa shape index (κ1) is 11.4. The molecular weight excluding hydrogens is 226 g/mol. The highest BCUT2D eigenvalue weighted by Crippen LogP contribution is 2.08. The van der Waals surface area contributed by atoms with Gasteiger partial charge in [0.15, 0.2) is 9.84 Å². The Morgan fingerprint density at radius 3 is 2.93 bits per heavy atom. The molecule has 0 saturated heterocycles. The summed E-state index contributed by atoms with van der Waals surface area (Å²) in [5.74, 6) is 0.00751. The summed E-state index contributed by atoms with van der Waals surface area (Å²) < 4.78 is 26.9. The quantitative estimate of drug-likeness (QED) is 0.625. The molecule has 0 aliphatic carbocycles. The van der Waals surface area contributed by atoms with Crippen LogP contribution in [-0.4, -0.2) is 43.4 Å². The van der Waals surface area contributed by atoms with Crippen LogP contribution in [0.4, 0.5) is 0 Å². The van der Waals surface area contributed by atoms with Crippen LogP contribution in [0.5, 0.6) is 0 Å². The fourth-order valence-corrected chi connectivity index (χ4v) is 2.43. The minimum atomic E-state index is -2.98. The lowest BCUT2D eigenvalue weighted by atomic mass is 10.5. The maximum Gasteiger partial charge on any atom is 0.261 e. The highest BCUT2D eigenvalue weighted by atomic mass is 32.2. The van der Waals surface area contributed by atoms with Gasteiger partial charge in [0.2, 0.25) is 0 Å². The van der Waals surface area contributed by atoms with Gasteiger partial charge in [-0.3, -0.25) is 0 Å². The number of sulfone groups is 1. The molecule has 0 aromatic heterocycles. The van der Waals surface area contributed by atoms with Crippen LogP contribution in [0, 0.1) is 0 Å². The Bertz CT molecular complexity index is 347. The van der Waals surface area contributed by atoms with Gasteiger partial charge in [0.25, 0.3) is 5.17 Å². The molecule has 7 heteroatoms. The molecule has 14 heavy (non-hydrogen) atoms. The zero-order valence-corrected chi connectivity index (χ0v) is 9.03. The number of hydrogen-bond donors (Lipinski definition) is 2. The number of aliphatic hydroxyl groups excluding tert-OH is 1. The van der Waals surface area contributed by atoms with E-state index in [0.29, 0.717) is 5.70 Å². The Kier molecular flexibility index (Phi) is 3.85. The predicted molar refractivity (Wildman–Crippen MR) is 55.5 cm³/mol. The molecule has 0 saturated carbocycles. The van der Waals surface area contributed by atoms with E-state index in [1.54, 1.807) is 6.08 Å². The Hall–Kier alpha value is -0.660. The Morgan fingerprint density at radius 2 is 2.43 bits per heavy atom. The summed E-state index contributed by atoms with van der Waals surface area (Å²) in [5, 5.41) is 11.2. The fraction of sp³-hybridized carbons (Fsp3) is 0.571. The maximum absolute atomic E-state index is 11.0. The number of ether oxygens (including phenoxy) is 1. The lowest BCUT2D eigenvalue weighted by Gasteiger charge is -2.08. The summed E-state index contributed by atoms with van der Waals surface area (Å²) in [4.78, 5) is 0. The van der Waals surface area contributed by atoms with Gasteiger partial charge in [0, 0.05) is 5.70 Å². The van der Waals surface area contributed by atoms with E-state index in [-0.39, 0.29) is 29.9 Å². The van der Waals surface area contributed by atoms with Gasteiger partial charge in [-0.1, -0.05) is 0 Å². The number of rotatable bonds is 3. The van der Waals surface area contributed by atoms with Crippen LogP contribution in [0.25, 0.3) is 0 Å². The van der Waals surface area contributed by atoms with Gasteiger partial charge < -0.3 is 15.2 Å². The third-order valence-electron chi connectivity index (χ3n) is 1.55. The van der Waals surface area contributed by atoms with Gasteiger partial charge in [-0.15, -0.1) is 0 Å². The van der Waals surface area contributed by atoms with E-state index in [1.165, 1.54) is 0 Å². The highest BCUT2D eigenvalue weighted by Gasteiger charge is 2.20. The smallest absolute Gasteiger partial charge is 0.261 e. The lowest BCUT2D eigenvalue weighted by molar-refractivity contribution is 0.193. The average Bonchev–Trinajstić information content (AvgIpc) is 2.42. The van der Waals surface area contributed by atoms with Crippen molar-refractivity contribution in [3.8, 4) is 0 Å². The highest BCUT2D eigenvalue weighted by molar-refractivity contribution is 7.92. The van der Waals surface area contributed by atoms with Crippen LogP contribution in [0.2, 0.25) is 0 Å². The van der Waals surface area contributed by atoms with Crippen molar-refractivity contribution in [1.29, 1.82) is 0 Å². The third-order valence-corrected chi connectivity index (χ3v) is 3.19. The molecule has 0 radical (unpaired) electrons. The van der Waals surface area contributed by atoms with Crippen molar-refractivity contribution >= 4 is 27.2 Å². The summed E-state index contributed by atoms with van der Waals surface area (Å²) in [6.45, 7) is -0.0228. The normalized spacial score (nSPS) is 18.8. The Morgan fingerprint density at radius 1 is 1.71 bits per heavy atom. The molecule has 0 amide bonds. The van der Waals surface area contributed by atoms with E-state index in [9.17, 15) is 8.42 Å². The monoisotopic (exact) mass is 237 g/mol. The van der Waals surface area contributed by atoms with Crippen LogP contribution in [0.15, 0.2) is 11.8 Å². The molecule has 1 aliphatic rings. The van der Waals surface area contributed by atoms with Crippen molar-refractivity contribution in [2.24, 2.45) is 0 Å². The molecule has 80 valence electrons. The molecule has 0 aromatic rings. The molecule has 1 rings (SSSR count). The summed E-state index contributed by atoms with van der Waals surface area (Å²) in [6.07, 6.45) is 1.56. The molecule has 0 fully saturated rings. The maximum atomic E-state index is 11.0. The molecular formula is C7H11NO4S2. The van der Waals surface area contributed by atoms with Crippen molar-refractivity contribution in [3.63, 3.8) is 0 Å². The van der Waals surface area contributed by atoms with Crippen LogP contribution < -0.4 is 5.32 Å². The minimum absolute atomic E-state index is 0.0321. The van der Waals surface area contributed by atoms with Gasteiger partial charge >= 0.3 is 0 Å². The molecule has 1 aliphatic heterocycles. The van der Waals surface area contributed by atoms with E-state index in [2.05, 4.69) is 5.32 Å². The zero-order valence-electron chi connectivity index (χ0n) is 7.39. The van der Waals surface area contributed by atoms with E-state index < -0.39 is 9.84 Å². The first-order chi connectivity index (χ1) is 6.53. The molecule has 0 bridgehead atoms. The molecule has 0 aromatic carbocycles. The second-order valence-electron chi connectivity index (χ2n) is 2.77. The van der Waals surface area contributed by atoms with Gasteiger partial charge in [-0.05, 0) is 18.3 Å². The second kappa shape index (κ2) is 4.72. The van der Waals surface area contributed by atoms with E-state index >= 15 is 0 Å². The zero-order chi connectivity index (χ0) is 10.6. The summed E-state index contributed by atoms with van der Waals surface area (Å²) in [7, 11) is -2.98. The van der Waals surface area contributed by atoms with Crippen LogP contribution in [0.1, 0.15) is 0 Å². The van der Waals surface area contributed by atoms with E-state index in [4.69, 9.17) is 22.1 Å². The Labute approximate surface area is 87.7 Å². The molecule has 1 heterocycles. The molecule has 0 spiro atoms. The first-order valence-corrected chi connectivity index (χ1v) is 6.20. The summed E-state index contributed by atoms with van der Waals surface area (Å²) in [5.41, 5.74) is 0.535. The minimum Gasteiger partial charge on any atom is -0.468 e. The van der Waals surface area contributed by atoms with Gasteiger partial charge in [0.05, 0.1) is 18.1 Å². The van der Waals surface area contributed by atoms with Crippen LogP contribution >= 0.6 is 12.2 Å². The SMILES string of the molecule is O=S1(=O)CC=C(NC(=S)OCCO)C1. The van der Waals surface area contributed by atoms with Crippen molar-refractivity contribution in [3.05, 3.63) is 11.8 Å². The standard InChI is InChI=1S/C7H11NO4S2/c9-2-3-12-7(13)8-6-1-4-14(10,11)5-6/h1,9H,2-5H2,(H,8,13). The molecule has 0 unspecified atom stereocenters. The Balaban J connectivity index is 2.36. The van der Waals surface area contributed by atoms with Crippen molar-refractivity contribution in [1.82, 2.24) is 5.32 Å². The van der Waals surface area contributed by atoms with Crippen molar-refractivity contribution < 1.29 is 18.3 Å². The predicted octanol–water partition coefficient (Wildman–Crippen LogP) is -0.818. The summed E-state index contributed by atoms with van der Waals surface area (Å²) in [6, 6.07) is 0. The molecule has 0 atom stereocenters. The fourth-order valence-electron chi connectivity index (χ4n) is 0.975. The average molecular weight is 237 g/mol. The number of aliphatic hydroxyl groups is 1. The third kappa shape index (κ3) is 3.60. The summed E-state index contributed by atoms with van der Waals surface area (Å²) >= 11 is 4.75. The first-order valence-electron chi connectivity index (χ1n) is 3.97. The van der Waals surface area contributed by atoms with Crippen molar-refractivity contribution in [2.45, 2.75) is 0 Å². The van der Waals surface area contributed by atoms with Crippen molar-refractivity contribution in [2.75, 3.05) is 24.7 Å². The number of thiocarbonyl (C=S) groups is 1. The molecule has 2 N–H and O–H groups in total. The second-order valence-corrected chi connectivity index (χ2v) is 5.25. The van der Waals surface area contributed by atoms with Gasteiger partial charge in [-0.2, -0.15) is 0 Å². The topological polar surface area (TPSA) is 75.6 Å². The molecule has 5 nitrogen and oxygen atoms in total. The number of hydrogen-bond acceptors (Lipinski definition) is 5. The van der Waals surface area contributed by atoms with Gasteiger partial charge in [-0.25, -0.2) is 8.42 Å². The van der Waals surface area contributed by atoms with E-state index in [0.717, 1.165) is 0 Å². The van der Waals surface area contributed by atoms with Crippen LogP contribution in [-0.2, 0) is 14.6 Å². The lowest BCUT2D eigenvalue weighted by Crippen LogP contribution is -2.25. The largest absolute Gasteiger partial charge is 0.468 e. The van der Waals surface area contributed by atoms with E-state index in [1.807, 2.05) is 0 Å².